The Morgan fingerprint density at radius 2 is 1.72 bits per heavy atom. The third-order valence-corrected chi connectivity index (χ3v) is 8.49. The summed E-state index contributed by atoms with van der Waals surface area (Å²) in [6.07, 6.45) is -4.46. The van der Waals surface area contributed by atoms with Crippen LogP contribution in [0.25, 0.3) is 10.6 Å². The van der Waals surface area contributed by atoms with Crippen LogP contribution in [0.4, 0.5) is 22.0 Å². The Balaban J connectivity index is 1.69. The number of aryl methyl sites for hydroxylation is 2. The highest BCUT2D eigenvalue weighted by atomic mass is 32.2. The number of thioether (sulfide) groups is 1. The van der Waals surface area contributed by atoms with Gasteiger partial charge in [0.25, 0.3) is 0 Å². The molecule has 0 aliphatic heterocycles. The van der Waals surface area contributed by atoms with Crippen LogP contribution in [0.5, 0.6) is 5.75 Å². The second-order valence-electron chi connectivity index (χ2n) is 8.66. The minimum absolute atomic E-state index is 0.00499. The summed E-state index contributed by atoms with van der Waals surface area (Å²) in [5, 5.41) is 8.87. The number of rotatable bonds is 9. The fraction of sp³-hybridized carbons (Fsp3) is 0.214. The number of alkyl halides is 3. The number of hydrogen-bond acceptors (Lipinski definition) is 5. The number of hydrogen-bond donors (Lipinski definition) is 1. The van der Waals surface area contributed by atoms with Crippen LogP contribution >= 0.6 is 23.1 Å². The minimum Gasteiger partial charge on any atom is -0.482 e. The number of aliphatic carboxylic acids is 1. The van der Waals surface area contributed by atoms with Crippen LogP contribution in [0.15, 0.2) is 65.6 Å². The zero-order valence-corrected chi connectivity index (χ0v) is 22.3. The maximum atomic E-state index is 14.6. The van der Waals surface area contributed by atoms with Gasteiger partial charge in [-0.15, -0.1) is 23.1 Å². The second-order valence-corrected chi connectivity index (χ2v) is 11.0. The van der Waals surface area contributed by atoms with E-state index in [2.05, 4.69) is 4.98 Å². The molecule has 1 heterocycles. The minimum atomic E-state index is -4.46. The van der Waals surface area contributed by atoms with Crippen molar-refractivity contribution in [3.63, 3.8) is 0 Å². The van der Waals surface area contributed by atoms with Crippen LogP contribution in [0, 0.1) is 25.5 Å². The Morgan fingerprint density at radius 3 is 2.31 bits per heavy atom. The predicted molar refractivity (Wildman–Crippen MR) is 140 cm³/mol. The maximum Gasteiger partial charge on any atom is 0.416 e. The topological polar surface area (TPSA) is 59.4 Å². The highest BCUT2D eigenvalue weighted by Crippen LogP contribution is 2.45. The molecule has 1 aromatic heterocycles. The number of carboxylic acids is 1. The molecule has 0 bridgehead atoms. The molecule has 1 unspecified atom stereocenters. The standard InChI is InChI=1S/C28H22F5NO3S2/c1-15-12-19(10-11-23(15)37-14-25(35)36)38-24(13-20-21(29)4-3-5-22(20)30)26-16(2)34-27(39-26)17-6-8-18(9-7-17)28(31,32)33/h3-12,24H,13-14H2,1-2H3,(H,35,36). The molecule has 4 aromatic rings. The maximum absolute atomic E-state index is 14.6. The molecule has 39 heavy (non-hydrogen) atoms. The van der Waals surface area contributed by atoms with Gasteiger partial charge in [-0.25, -0.2) is 18.6 Å². The van der Waals surface area contributed by atoms with Crippen LogP contribution in [0.3, 0.4) is 0 Å². The van der Waals surface area contributed by atoms with Gasteiger partial charge in [0.05, 0.1) is 11.3 Å². The van der Waals surface area contributed by atoms with Crippen molar-refractivity contribution in [3.05, 3.63) is 99.6 Å². The molecule has 0 saturated heterocycles. The van der Waals surface area contributed by atoms with Crippen molar-refractivity contribution in [2.75, 3.05) is 6.61 Å². The Bertz CT molecular complexity index is 1470. The smallest absolute Gasteiger partial charge is 0.416 e. The fourth-order valence-corrected chi connectivity index (χ4v) is 6.48. The molecule has 0 aliphatic rings. The average molecular weight is 580 g/mol. The molecule has 1 N–H and O–H groups in total. The van der Waals surface area contributed by atoms with E-state index in [1.807, 2.05) is 0 Å². The van der Waals surface area contributed by atoms with E-state index in [9.17, 15) is 26.7 Å². The summed E-state index contributed by atoms with van der Waals surface area (Å²) >= 11 is 2.60. The lowest BCUT2D eigenvalue weighted by molar-refractivity contribution is -0.139. The van der Waals surface area contributed by atoms with Gasteiger partial charge in [0.2, 0.25) is 0 Å². The van der Waals surface area contributed by atoms with E-state index in [1.54, 1.807) is 32.0 Å². The first-order valence-corrected chi connectivity index (χ1v) is 13.3. The van der Waals surface area contributed by atoms with Crippen molar-refractivity contribution < 1.29 is 36.6 Å². The van der Waals surface area contributed by atoms with Crippen molar-refractivity contribution in [2.45, 2.75) is 36.6 Å². The number of carboxylic acid groups (broad SMARTS) is 1. The van der Waals surface area contributed by atoms with Gasteiger partial charge in [-0.2, -0.15) is 13.2 Å². The Hall–Kier alpha value is -3.44. The van der Waals surface area contributed by atoms with E-state index in [0.717, 1.165) is 21.9 Å². The summed E-state index contributed by atoms with van der Waals surface area (Å²) in [5.74, 6) is -2.07. The van der Waals surface area contributed by atoms with Crippen LogP contribution in [0.2, 0.25) is 0 Å². The molecule has 3 aromatic carbocycles. The highest BCUT2D eigenvalue weighted by Gasteiger charge is 2.30. The van der Waals surface area contributed by atoms with Crippen LogP contribution in [-0.4, -0.2) is 22.7 Å². The van der Waals surface area contributed by atoms with E-state index in [4.69, 9.17) is 9.84 Å². The Kier molecular flexibility index (Phi) is 8.60. The summed E-state index contributed by atoms with van der Waals surface area (Å²) in [5.41, 5.74) is 0.927. The number of aromatic nitrogens is 1. The van der Waals surface area contributed by atoms with Gasteiger partial charge in [-0.1, -0.05) is 18.2 Å². The van der Waals surface area contributed by atoms with E-state index in [-0.39, 0.29) is 12.0 Å². The normalized spacial score (nSPS) is 12.4. The number of ether oxygens (including phenoxy) is 1. The van der Waals surface area contributed by atoms with Gasteiger partial charge in [-0.3, -0.25) is 0 Å². The first-order chi connectivity index (χ1) is 18.4. The van der Waals surface area contributed by atoms with Crippen molar-refractivity contribution in [1.82, 2.24) is 4.98 Å². The predicted octanol–water partition coefficient (Wildman–Crippen LogP) is 8.26. The first kappa shape index (κ1) is 28.6. The Labute approximate surface area is 229 Å². The molecule has 0 amide bonds. The SMILES string of the molecule is Cc1cc(SC(Cc2c(F)cccc2F)c2sc(-c3ccc(C(F)(F)F)cc3)nc2C)ccc1OCC(=O)O. The van der Waals surface area contributed by atoms with Gasteiger partial charge in [-0.05, 0) is 68.3 Å². The fourth-order valence-electron chi connectivity index (χ4n) is 3.89. The molecular weight excluding hydrogens is 557 g/mol. The molecular formula is C28H22F5NO3S2. The van der Waals surface area contributed by atoms with Crippen LogP contribution < -0.4 is 4.74 Å². The summed E-state index contributed by atoms with van der Waals surface area (Å²) in [4.78, 5) is 16.9. The molecule has 0 radical (unpaired) electrons. The van der Waals surface area contributed by atoms with Gasteiger partial charge >= 0.3 is 12.1 Å². The second kappa shape index (κ2) is 11.7. The molecule has 0 fully saturated rings. The van der Waals surface area contributed by atoms with Gasteiger partial charge < -0.3 is 9.84 Å². The average Bonchev–Trinajstić information content (AvgIpc) is 3.26. The number of benzene rings is 3. The zero-order valence-electron chi connectivity index (χ0n) is 20.7. The zero-order chi connectivity index (χ0) is 28.3. The van der Waals surface area contributed by atoms with Gasteiger partial charge in [0.15, 0.2) is 6.61 Å². The highest BCUT2D eigenvalue weighted by molar-refractivity contribution is 7.99. The van der Waals surface area contributed by atoms with Gasteiger partial charge in [0.1, 0.15) is 22.4 Å². The van der Waals surface area contributed by atoms with Crippen molar-refractivity contribution in [2.24, 2.45) is 0 Å². The summed E-state index contributed by atoms with van der Waals surface area (Å²) in [6, 6.07) is 13.5. The lowest BCUT2D eigenvalue weighted by Crippen LogP contribution is -2.10. The summed E-state index contributed by atoms with van der Waals surface area (Å²) < 4.78 is 73.5. The van der Waals surface area contributed by atoms with Crippen molar-refractivity contribution in [3.8, 4) is 16.3 Å². The summed E-state index contributed by atoms with van der Waals surface area (Å²) in [7, 11) is 0. The number of carbonyl (C=O) groups is 1. The lowest BCUT2D eigenvalue weighted by atomic mass is 10.1. The third kappa shape index (κ3) is 6.96. The lowest BCUT2D eigenvalue weighted by Gasteiger charge is -2.18. The van der Waals surface area contributed by atoms with Crippen LogP contribution in [0.1, 0.15) is 32.5 Å². The third-order valence-electron chi connectivity index (χ3n) is 5.81. The van der Waals surface area contributed by atoms with E-state index in [1.165, 1.54) is 53.4 Å². The molecule has 0 aliphatic carbocycles. The monoisotopic (exact) mass is 579 g/mol. The molecule has 4 rings (SSSR count). The molecule has 0 saturated carbocycles. The number of halogens is 5. The first-order valence-electron chi connectivity index (χ1n) is 11.6. The number of nitrogens with zero attached hydrogens (tertiary/aromatic N) is 1. The van der Waals surface area contributed by atoms with E-state index in [0.29, 0.717) is 27.6 Å². The van der Waals surface area contributed by atoms with Crippen LogP contribution in [-0.2, 0) is 17.4 Å². The van der Waals surface area contributed by atoms with E-state index < -0.39 is 41.2 Å². The molecule has 204 valence electrons. The quantitative estimate of drug-likeness (QED) is 0.160. The molecule has 1 atom stereocenters. The van der Waals surface area contributed by atoms with E-state index >= 15 is 0 Å². The Morgan fingerprint density at radius 1 is 1.05 bits per heavy atom. The molecule has 11 heteroatoms. The van der Waals surface area contributed by atoms with Crippen molar-refractivity contribution in [1.29, 1.82) is 0 Å². The number of thiazole rings is 1. The largest absolute Gasteiger partial charge is 0.482 e. The molecule has 4 nitrogen and oxygen atoms in total. The summed E-state index contributed by atoms with van der Waals surface area (Å²) in [6.45, 7) is 3.02. The van der Waals surface area contributed by atoms with Crippen molar-refractivity contribution >= 4 is 29.1 Å². The molecule has 0 spiro atoms. The van der Waals surface area contributed by atoms with Gasteiger partial charge in [0, 0.05) is 26.1 Å².